The van der Waals surface area contributed by atoms with Crippen molar-refractivity contribution >= 4 is 23.3 Å². The topological polar surface area (TPSA) is 75.1 Å². The van der Waals surface area contributed by atoms with Crippen LogP contribution >= 0.6 is 11.6 Å². The molecule has 1 aliphatic rings. The van der Waals surface area contributed by atoms with E-state index in [1.54, 1.807) is 35.6 Å². The second-order valence-electron chi connectivity index (χ2n) is 8.35. The Morgan fingerprint density at radius 2 is 1.75 bits per heavy atom. The number of nitrogens with zero attached hydrogens (tertiary/aromatic N) is 6. The Hall–Kier alpha value is -3.98. The highest BCUT2D eigenvalue weighted by atomic mass is 35.5. The van der Waals surface area contributed by atoms with Gasteiger partial charge >= 0.3 is 0 Å². The number of aromatic nitrogens is 4. The van der Waals surface area contributed by atoms with Crippen molar-refractivity contribution in [1.82, 2.24) is 24.8 Å². The number of piperazine rings is 1. The number of hydrogen-bond donors (Lipinski definition) is 0. The molecule has 0 N–H and O–H groups in total. The van der Waals surface area contributed by atoms with Gasteiger partial charge < -0.3 is 9.80 Å². The molecule has 1 amide bonds. The van der Waals surface area contributed by atoms with Crippen LogP contribution in [0.1, 0.15) is 16.1 Å². The number of aryl methyl sites for hydroxylation is 1. The number of carbonyl (C=O) groups is 1. The van der Waals surface area contributed by atoms with Gasteiger partial charge in [-0.15, -0.1) is 0 Å². The van der Waals surface area contributed by atoms with Crippen molar-refractivity contribution in [2.45, 2.75) is 6.92 Å². The van der Waals surface area contributed by atoms with Gasteiger partial charge in [-0.1, -0.05) is 17.7 Å². The van der Waals surface area contributed by atoms with Crippen LogP contribution < -0.4 is 4.90 Å². The second kappa shape index (κ2) is 9.94. The highest BCUT2D eigenvalue weighted by molar-refractivity contribution is 6.33. The molecule has 0 radical (unpaired) electrons. The maximum atomic E-state index is 14.7. The molecule has 0 atom stereocenters. The minimum absolute atomic E-state index is 0.106. The number of anilines is 1. The highest BCUT2D eigenvalue weighted by Gasteiger charge is 2.26. The van der Waals surface area contributed by atoms with Crippen molar-refractivity contribution in [2.24, 2.45) is 0 Å². The summed E-state index contributed by atoms with van der Waals surface area (Å²) in [5, 5.41) is 0.328. The zero-order valence-corrected chi connectivity index (χ0v) is 20.1. The molecule has 0 bridgehead atoms. The Bertz CT molecular complexity index is 1440. The standard InChI is InChI=1S/C26H21ClF2N6O/c1-16-3-2-7-31-23(16)26(36)35-11-9-34(10-12-35)22-15-32-24(19-5-4-17(28)13-21(19)29)25(33-22)18-6-8-30-14-20(18)27/h2-8,13-15H,9-12H2,1H3. The van der Waals surface area contributed by atoms with E-state index in [9.17, 15) is 13.6 Å². The van der Waals surface area contributed by atoms with Crippen LogP contribution in [0.15, 0.2) is 61.2 Å². The average Bonchev–Trinajstić information content (AvgIpc) is 2.89. The average molecular weight is 507 g/mol. The predicted octanol–water partition coefficient (Wildman–Crippen LogP) is 4.80. The van der Waals surface area contributed by atoms with Crippen LogP contribution in [0.4, 0.5) is 14.6 Å². The van der Waals surface area contributed by atoms with E-state index in [1.165, 1.54) is 18.3 Å². The van der Waals surface area contributed by atoms with Crippen LogP contribution in [-0.2, 0) is 0 Å². The third kappa shape index (κ3) is 4.61. The van der Waals surface area contributed by atoms with E-state index in [4.69, 9.17) is 16.6 Å². The number of carbonyl (C=O) groups excluding carboxylic acids is 1. The molecule has 0 saturated carbocycles. The van der Waals surface area contributed by atoms with Crippen LogP contribution in [0.3, 0.4) is 0 Å². The van der Waals surface area contributed by atoms with Gasteiger partial charge in [-0.05, 0) is 36.8 Å². The van der Waals surface area contributed by atoms with E-state index in [2.05, 4.69) is 15.0 Å². The van der Waals surface area contributed by atoms with E-state index >= 15 is 0 Å². The van der Waals surface area contributed by atoms with Crippen molar-refractivity contribution in [2.75, 3.05) is 31.1 Å². The van der Waals surface area contributed by atoms with Crippen LogP contribution in [0, 0.1) is 18.6 Å². The molecule has 0 unspecified atom stereocenters. The highest BCUT2D eigenvalue weighted by Crippen LogP contribution is 2.35. The third-order valence-corrected chi connectivity index (χ3v) is 6.38. The van der Waals surface area contributed by atoms with Crippen molar-refractivity contribution in [1.29, 1.82) is 0 Å². The van der Waals surface area contributed by atoms with Crippen LogP contribution in [-0.4, -0.2) is 56.9 Å². The van der Waals surface area contributed by atoms with Gasteiger partial charge in [0.1, 0.15) is 28.8 Å². The fourth-order valence-electron chi connectivity index (χ4n) is 4.16. The first-order valence-corrected chi connectivity index (χ1v) is 11.7. The lowest BCUT2D eigenvalue weighted by atomic mass is 10.0. The molecule has 4 heterocycles. The molecule has 7 nitrogen and oxygen atoms in total. The Labute approximate surface area is 211 Å². The van der Waals surface area contributed by atoms with Gasteiger partial charge in [-0.3, -0.25) is 14.8 Å². The molecule has 5 rings (SSSR count). The maximum Gasteiger partial charge on any atom is 0.272 e. The lowest BCUT2D eigenvalue weighted by Crippen LogP contribution is -2.49. The summed E-state index contributed by atoms with van der Waals surface area (Å²) >= 11 is 6.40. The number of rotatable bonds is 4. The molecule has 1 aromatic carbocycles. The molecule has 1 fully saturated rings. The zero-order chi connectivity index (χ0) is 25.2. The number of hydrogen-bond acceptors (Lipinski definition) is 6. The molecule has 182 valence electrons. The molecule has 1 saturated heterocycles. The maximum absolute atomic E-state index is 14.7. The summed E-state index contributed by atoms with van der Waals surface area (Å²) in [6.07, 6.45) is 6.20. The van der Waals surface area contributed by atoms with Crippen molar-refractivity contribution in [3.8, 4) is 22.5 Å². The number of benzene rings is 1. The molecular formula is C26H21ClF2N6O. The summed E-state index contributed by atoms with van der Waals surface area (Å²) in [6.45, 7) is 3.88. The van der Waals surface area contributed by atoms with Gasteiger partial charge in [0.05, 0.1) is 16.9 Å². The Morgan fingerprint density at radius 1 is 0.944 bits per heavy atom. The smallest absolute Gasteiger partial charge is 0.272 e. The Morgan fingerprint density at radius 3 is 2.47 bits per heavy atom. The summed E-state index contributed by atoms with van der Waals surface area (Å²) in [6, 6.07) is 8.65. The first-order valence-electron chi connectivity index (χ1n) is 11.3. The Balaban J connectivity index is 1.45. The van der Waals surface area contributed by atoms with E-state index in [0.29, 0.717) is 54.0 Å². The monoisotopic (exact) mass is 506 g/mol. The molecule has 3 aromatic heterocycles. The lowest BCUT2D eigenvalue weighted by Gasteiger charge is -2.35. The SMILES string of the molecule is Cc1cccnc1C(=O)N1CCN(c2cnc(-c3ccc(F)cc3F)c(-c3ccncc3Cl)n2)CC1. The van der Waals surface area contributed by atoms with Crippen molar-refractivity contribution in [3.63, 3.8) is 0 Å². The van der Waals surface area contributed by atoms with Gasteiger partial charge in [0.15, 0.2) is 0 Å². The molecule has 4 aromatic rings. The molecule has 36 heavy (non-hydrogen) atoms. The lowest BCUT2D eigenvalue weighted by molar-refractivity contribution is 0.0740. The molecule has 10 heteroatoms. The van der Waals surface area contributed by atoms with Gasteiger partial charge in [0.25, 0.3) is 5.91 Å². The van der Waals surface area contributed by atoms with Crippen molar-refractivity contribution in [3.05, 3.63) is 89.1 Å². The predicted molar refractivity (Wildman–Crippen MR) is 133 cm³/mol. The fraction of sp³-hybridized carbons (Fsp3) is 0.192. The van der Waals surface area contributed by atoms with Gasteiger partial charge in [-0.25, -0.2) is 18.7 Å². The largest absolute Gasteiger partial charge is 0.352 e. The van der Waals surface area contributed by atoms with E-state index in [1.807, 2.05) is 17.9 Å². The van der Waals surface area contributed by atoms with Crippen LogP contribution in [0.25, 0.3) is 22.5 Å². The van der Waals surface area contributed by atoms with Crippen LogP contribution in [0.5, 0.6) is 0 Å². The molecule has 0 spiro atoms. The first-order chi connectivity index (χ1) is 17.4. The van der Waals surface area contributed by atoms with E-state index in [0.717, 1.165) is 11.6 Å². The molecule has 1 aliphatic heterocycles. The summed E-state index contributed by atoms with van der Waals surface area (Å²) < 4.78 is 28.2. The zero-order valence-electron chi connectivity index (χ0n) is 19.3. The number of amides is 1. The van der Waals surface area contributed by atoms with E-state index in [-0.39, 0.29) is 17.2 Å². The third-order valence-electron chi connectivity index (χ3n) is 6.08. The summed E-state index contributed by atoms with van der Waals surface area (Å²) in [7, 11) is 0. The molecule has 0 aliphatic carbocycles. The van der Waals surface area contributed by atoms with Gasteiger partial charge in [-0.2, -0.15) is 0 Å². The normalized spacial score (nSPS) is 13.7. The number of pyridine rings is 2. The number of halogens is 3. The van der Waals surface area contributed by atoms with Crippen LogP contribution in [0.2, 0.25) is 5.02 Å². The van der Waals surface area contributed by atoms with Gasteiger partial charge in [0, 0.05) is 62.0 Å². The second-order valence-corrected chi connectivity index (χ2v) is 8.76. The molecular weight excluding hydrogens is 486 g/mol. The Kier molecular flexibility index (Phi) is 6.56. The van der Waals surface area contributed by atoms with E-state index < -0.39 is 11.6 Å². The fourth-order valence-corrected chi connectivity index (χ4v) is 4.37. The van der Waals surface area contributed by atoms with Gasteiger partial charge in [0.2, 0.25) is 0 Å². The summed E-state index contributed by atoms with van der Waals surface area (Å²) in [5.74, 6) is -0.978. The summed E-state index contributed by atoms with van der Waals surface area (Å²) in [5.41, 5.74) is 2.51. The minimum Gasteiger partial charge on any atom is -0.352 e. The summed E-state index contributed by atoms with van der Waals surface area (Å²) in [4.78, 5) is 34.2. The quantitative estimate of drug-likeness (QED) is 0.396. The first kappa shape index (κ1) is 23.7. The van der Waals surface area contributed by atoms with Crippen molar-refractivity contribution < 1.29 is 13.6 Å². The minimum atomic E-state index is -0.750.